The molecule has 0 aliphatic heterocycles. The van der Waals surface area contributed by atoms with E-state index in [4.69, 9.17) is 10.00 Å². The smallest absolute Gasteiger partial charge is 0.159 e. The number of hydrogen-bond acceptors (Lipinski definition) is 3. The van der Waals surface area contributed by atoms with Crippen molar-refractivity contribution in [3.8, 4) is 11.8 Å². The van der Waals surface area contributed by atoms with Gasteiger partial charge in [-0.15, -0.1) is 0 Å². The number of benzene rings is 2. The minimum atomic E-state index is 0.0487. The third-order valence-electron chi connectivity index (χ3n) is 3.44. The molecule has 3 nitrogen and oxygen atoms in total. The van der Waals surface area contributed by atoms with Crippen LogP contribution in [0.4, 0.5) is 0 Å². The summed E-state index contributed by atoms with van der Waals surface area (Å²) in [5, 5.41) is 8.86. The highest BCUT2D eigenvalue weighted by atomic mass is 16.5. The van der Waals surface area contributed by atoms with Crippen LogP contribution in [-0.2, 0) is 6.61 Å². The van der Waals surface area contributed by atoms with Gasteiger partial charge in [-0.25, -0.2) is 0 Å². The Bertz CT molecular complexity index is 726. The van der Waals surface area contributed by atoms with Gasteiger partial charge in [-0.05, 0) is 67.8 Å². The van der Waals surface area contributed by atoms with Gasteiger partial charge in [0, 0.05) is 5.56 Å². The second-order valence-electron chi connectivity index (χ2n) is 5.08. The molecule has 106 valence electrons. The largest absolute Gasteiger partial charge is 0.489 e. The summed E-state index contributed by atoms with van der Waals surface area (Å²) in [7, 11) is 0. The quantitative estimate of drug-likeness (QED) is 0.796. The molecule has 0 N–H and O–H groups in total. The van der Waals surface area contributed by atoms with Crippen molar-refractivity contribution >= 4 is 5.78 Å². The van der Waals surface area contributed by atoms with Gasteiger partial charge in [0.05, 0.1) is 11.6 Å². The average molecular weight is 279 g/mol. The van der Waals surface area contributed by atoms with Crippen molar-refractivity contribution in [3.05, 3.63) is 64.2 Å². The van der Waals surface area contributed by atoms with Gasteiger partial charge in [0.25, 0.3) is 0 Å². The molecule has 0 aliphatic rings. The molecule has 21 heavy (non-hydrogen) atoms. The Kier molecular flexibility index (Phi) is 4.39. The van der Waals surface area contributed by atoms with Crippen LogP contribution in [0, 0.1) is 25.2 Å². The lowest BCUT2D eigenvalue weighted by atomic mass is 10.1. The number of carbonyl (C=O) groups excluding carboxylic acids is 1. The van der Waals surface area contributed by atoms with E-state index in [9.17, 15) is 4.79 Å². The van der Waals surface area contributed by atoms with Crippen molar-refractivity contribution in [2.24, 2.45) is 0 Å². The maximum Gasteiger partial charge on any atom is 0.159 e. The fourth-order valence-corrected chi connectivity index (χ4v) is 2.11. The molecule has 0 bridgehead atoms. The van der Waals surface area contributed by atoms with Crippen LogP contribution < -0.4 is 4.74 Å². The minimum Gasteiger partial charge on any atom is -0.489 e. The topological polar surface area (TPSA) is 50.1 Å². The van der Waals surface area contributed by atoms with E-state index in [2.05, 4.69) is 6.07 Å². The minimum absolute atomic E-state index is 0.0487. The average Bonchev–Trinajstić information content (AvgIpc) is 2.46. The first-order valence-electron chi connectivity index (χ1n) is 6.75. The third kappa shape index (κ3) is 3.49. The SMILES string of the molecule is CC(=O)c1ccc(OCc2ccc(C#N)cc2C)c(C)c1. The van der Waals surface area contributed by atoms with Crippen molar-refractivity contribution in [2.75, 3.05) is 0 Å². The highest BCUT2D eigenvalue weighted by Crippen LogP contribution is 2.21. The summed E-state index contributed by atoms with van der Waals surface area (Å²) >= 11 is 0. The van der Waals surface area contributed by atoms with Crippen LogP contribution in [0.15, 0.2) is 36.4 Å². The lowest BCUT2D eigenvalue weighted by Gasteiger charge is -2.12. The zero-order chi connectivity index (χ0) is 15.4. The van der Waals surface area contributed by atoms with E-state index >= 15 is 0 Å². The molecule has 0 aliphatic carbocycles. The number of ether oxygens (including phenoxy) is 1. The maximum absolute atomic E-state index is 11.3. The molecule has 0 aromatic heterocycles. The number of aryl methyl sites for hydroxylation is 2. The highest BCUT2D eigenvalue weighted by Gasteiger charge is 2.06. The summed E-state index contributed by atoms with van der Waals surface area (Å²) in [4.78, 5) is 11.3. The van der Waals surface area contributed by atoms with Gasteiger partial charge in [-0.3, -0.25) is 4.79 Å². The molecule has 0 atom stereocenters. The second-order valence-corrected chi connectivity index (χ2v) is 5.08. The van der Waals surface area contributed by atoms with Crippen molar-refractivity contribution in [3.63, 3.8) is 0 Å². The van der Waals surface area contributed by atoms with E-state index < -0.39 is 0 Å². The van der Waals surface area contributed by atoms with E-state index in [-0.39, 0.29) is 5.78 Å². The Morgan fingerprint density at radius 1 is 1.14 bits per heavy atom. The first kappa shape index (κ1) is 14.8. The van der Waals surface area contributed by atoms with Gasteiger partial charge in [-0.1, -0.05) is 6.07 Å². The van der Waals surface area contributed by atoms with Gasteiger partial charge in [0.1, 0.15) is 12.4 Å². The summed E-state index contributed by atoms with van der Waals surface area (Å²) in [6.07, 6.45) is 0. The lowest BCUT2D eigenvalue weighted by molar-refractivity contribution is 0.101. The summed E-state index contributed by atoms with van der Waals surface area (Å²) < 4.78 is 5.82. The van der Waals surface area contributed by atoms with Gasteiger partial charge in [-0.2, -0.15) is 5.26 Å². The van der Waals surface area contributed by atoms with Crippen molar-refractivity contribution in [2.45, 2.75) is 27.4 Å². The van der Waals surface area contributed by atoms with Gasteiger partial charge >= 0.3 is 0 Å². The third-order valence-corrected chi connectivity index (χ3v) is 3.44. The lowest BCUT2D eigenvalue weighted by Crippen LogP contribution is -2.01. The number of rotatable bonds is 4. The number of ketones is 1. The Morgan fingerprint density at radius 3 is 2.48 bits per heavy atom. The molecule has 0 heterocycles. The molecule has 0 unspecified atom stereocenters. The fourth-order valence-electron chi connectivity index (χ4n) is 2.11. The molecular formula is C18H17NO2. The van der Waals surface area contributed by atoms with E-state index in [0.29, 0.717) is 17.7 Å². The molecule has 0 saturated carbocycles. The van der Waals surface area contributed by atoms with Crippen molar-refractivity contribution < 1.29 is 9.53 Å². The van der Waals surface area contributed by atoms with Crippen LogP contribution in [0.3, 0.4) is 0 Å². The molecule has 2 aromatic rings. The first-order chi connectivity index (χ1) is 10.0. The predicted molar refractivity (Wildman–Crippen MR) is 81.4 cm³/mol. The number of hydrogen-bond donors (Lipinski definition) is 0. The van der Waals surface area contributed by atoms with Crippen LogP contribution in [0.25, 0.3) is 0 Å². The molecule has 0 saturated heterocycles. The summed E-state index contributed by atoms with van der Waals surface area (Å²) in [6, 6.07) is 13.1. The number of nitriles is 1. The number of carbonyl (C=O) groups is 1. The summed E-state index contributed by atoms with van der Waals surface area (Å²) in [5.74, 6) is 0.816. The Labute approximate surface area is 124 Å². The Hall–Kier alpha value is -2.60. The van der Waals surface area contributed by atoms with E-state index in [1.807, 2.05) is 38.1 Å². The Balaban J connectivity index is 2.13. The monoisotopic (exact) mass is 279 g/mol. The standard InChI is InChI=1S/C18H17NO2/c1-12-8-15(10-19)4-5-17(12)11-21-18-7-6-16(14(3)20)9-13(18)2/h4-9H,11H2,1-3H3. The zero-order valence-electron chi connectivity index (χ0n) is 12.4. The van der Waals surface area contributed by atoms with E-state index in [1.54, 1.807) is 19.1 Å². The first-order valence-corrected chi connectivity index (χ1v) is 6.75. The van der Waals surface area contributed by atoms with Gasteiger partial charge < -0.3 is 4.74 Å². The molecule has 3 heteroatoms. The van der Waals surface area contributed by atoms with Gasteiger partial charge in [0.15, 0.2) is 5.78 Å². The molecule has 2 aromatic carbocycles. The Morgan fingerprint density at radius 2 is 1.90 bits per heavy atom. The van der Waals surface area contributed by atoms with Crippen LogP contribution in [-0.4, -0.2) is 5.78 Å². The normalized spacial score (nSPS) is 10.0. The number of Topliss-reactive ketones (excluding diaryl/α,β-unsaturated/α-hetero) is 1. The number of nitrogens with zero attached hydrogens (tertiary/aromatic N) is 1. The van der Waals surface area contributed by atoms with E-state index in [0.717, 1.165) is 22.4 Å². The highest BCUT2D eigenvalue weighted by molar-refractivity contribution is 5.94. The molecule has 0 amide bonds. The van der Waals surface area contributed by atoms with Crippen molar-refractivity contribution in [1.82, 2.24) is 0 Å². The van der Waals surface area contributed by atoms with E-state index in [1.165, 1.54) is 0 Å². The van der Waals surface area contributed by atoms with Crippen molar-refractivity contribution in [1.29, 1.82) is 5.26 Å². The predicted octanol–water partition coefficient (Wildman–Crippen LogP) is 3.96. The summed E-state index contributed by atoms with van der Waals surface area (Å²) in [6.45, 7) is 5.88. The second kappa shape index (κ2) is 6.23. The fraction of sp³-hybridized carbons (Fsp3) is 0.222. The molecular weight excluding hydrogens is 262 g/mol. The molecule has 0 fully saturated rings. The zero-order valence-corrected chi connectivity index (χ0v) is 12.4. The van der Waals surface area contributed by atoms with Crippen LogP contribution in [0.1, 0.15) is 39.5 Å². The van der Waals surface area contributed by atoms with Crippen LogP contribution in [0.2, 0.25) is 0 Å². The summed E-state index contributed by atoms with van der Waals surface area (Å²) in [5.41, 5.74) is 4.36. The maximum atomic E-state index is 11.3. The molecule has 0 radical (unpaired) electrons. The molecule has 0 spiro atoms. The van der Waals surface area contributed by atoms with Gasteiger partial charge in [0.2, 0.25) is 0 Å². The van der Waals surface area contributed by atoms with Crippen LogP contribution in [0.5, 0.6) is 5.75 Å². The molecule has 2 rings (SSSR count). The van der Waals surface area contributed by atoms with Crippen LogP contribution >= 0.6 is 0 Å².